The molecular formula is C30H34N4O5. The van der Waals surface area contributed by atoms with Crippen LogP contribution in [0.1, 0.15) is 78.4 Å². The molecule has 1 aromatic heterocycles. The fourth-order valence-corrected chi connectivity index (χ4v) is 4.84. The van der Waals surface area contributed by atoms with Crippen LogP contribution in [0.3, 0.4) is 0 Å². The average Bonchev–Trinajstić information content (AvgIpc) is 3.26. The first kappa shape index (κ1) is 27.7. The number of ether oxygens (including phenoxy) is 2. The molecule has 2 amide bonds. The van der Waals surface area contributed by atoms with E-state index in [1.54, 1.807) is 24.3 Å². The summed E-state index contributed by atoms with van der Waals surface area (Å²) in [6.45, 7) is 5.87. The number of nitriles is 1. The van der Waals surface area contributed by atoms with Crippen LogP contribution in [0.2, 0.25) is 0 Å². The third-order valence-electron chi connectivity index (χ3n) is 6.76. The first-order chi connectivity index (χ1) is 18.6. The van der Waals surface area contributed by atoms with Crippen molar-refractivity contribution in [1.82, 2.24) is 15.2 Å². The quantitative estimate of drug-likeness (QED) is 0.437. The van der Waals surface area contributed by atoms with E-state index in [1.165, 1.54) is 7.11 Å². The minimum Gasteiger partial charge on any atom is -0.465 e. The van der Waals surface area contributed by atoms with Gasteiger partial charge in [-0.15, -0.1) is 0 Å². The molecule has 0 spiro atoms. The van der Waals surface area contributed by atoms with Gasteiger partial charge in [0, 0.05) is 24.0 Å². The number of nitrogens with one attached hydrogen (secondary N) is 2. The molecule has 0 bridgehead atoms. The van der Waals surface area contributed by atoms with Crippen LogP contribution in [0.5, 0.6) is 0 Å². The van der Waals surface area contributed by atoms with Gasteiger partial charge in [-0.2, -0.15) is 5.26 Å². The van der Waals surface area contributed by atoms with E-state index in [-0.39, 0.29) is 18.0 Å². The van der Waals surface area contributed by atoms with Gasteiger partial charge >= 0.3 is 12.1 Å². The van der Waals surface area contributed by atoms with Crippen molar-refractivity contribution < 1.29 is 23.9 Å². The van der Waals surface area contributed by atoms with Gasteiger partial charge in [-0.3, -0.25) is 4.79 Å². The van der Waals surface area contributed by atoms with Crippen LogP contribution in [0.4, 0.5) is 4.79 Å². The molecule has 0 radical (unpaired) electrons. The van der Waals surface area contributed by atoms with Gasteiger partial charge in [0.05, 0.1) is 29.8 Å². The smallest absolute Gasteiger partial charge is 0.407 e. The van der Waals surface area contributed by atoms with E-state index in [9.17, 15) is 19.6 Å². The van der Waals surface area contributed by atoms with E-state index >= 15 is 0 Å². The second kappa shape index (κ2) is 11.6. The molecule has 2 aromatic carbocycles. The van der Waals surface area contributed by atoms with Crippen LogP contribution in [0, 0.1) is 11.3 Å². The van der Waals surface area contributed by atoms with Crippen molar-refractivity contribution in [3.63, 3.8) is 0 Å². The molecular weight excluding hydrogens is 496 g/mol. The summed E-state index contributed by atoms with van der Waals surface area (Å²) < 4.78 is 12.0. The Hall–Kier alpha value is -4.32. The number of rotatable bonds is 6. The standard InChI is InChI=1S/C30H34N4O5/c1-30(2,3)39-29(37)33-24-13-11-23(12-14-24)32-27(35)26-16-22-10-7-20(17-31)15-25(22)34(26)18-19-5-8-21(9-6-19)28(36)38-4/h5-10,15-16,23-24H,11-14,18H2,1-4H3,(H,32,35)(H,33,37). The fourth-order valence-electron chi connectivity index (χ4n) is 4.84. The summed E-state index contributed by atoms with van der Waals surface area (Å²) in [5, 5.41) is 16.4. The molecule has 4 rings (SSSR count). The molecule has 0 aliphatic heterocycles. The van der Waals surface area contributed by atoms with E-state index in [1.807, 2.05) is 49.6 Å². The Bertz CT molecular complexity index is 1400. The monoisotopic (exact) mass is 530 g/mol. The number of benzene rings is 2. The molecule has 3 aromatic rings. The zero-order valence-electron chi connectivity index (χ0n) is 22.7. The van der Waals surface area contributed by atoms with Crippen LogP contribution in [0.25, 0.3) is 10.9 Å². The molecule has 0 atom stereocenters. The number of hydrogen-bond acceptors (Lipinski definition) is 6. The molecule has 0 saturated heterocycles. The number of carbonyl (C=O) groups excluding carboxylic acids is 3. The van der Waals surface area contributed by atoms with Gasteiger partial charge in [0.2, 0.25) is 0 Å². The van der Waals surface area contributed by atoms with Crippen molar-refractivity contribution in [2.45, 2.75) is 70.7 Å². The largest absolute Gasteiger partial charge is 0.465 e. The van der Waals surface area contributed by atoms with E-state index in [0.29, 0.717) is 23.4 Å². The number of esters is 1. The van der Waals surface area contributed by atoms with Gasteiger partial charge < -0.3 is 24.7 Å². The summed E-state index contributed by atoms with van der Waals surface area (Å²) in [6.07, 6.45) is 2.53. The number of aromatic nitrogens is 1. The molecule has 1 fully saturated rings. The van der Waals surface area contributed by atoms with Crippen LogP contribution < -0.4 is 10.6 Å². The lowest BCUT2D eigenvalue weighted by Gasteiger charge is -2.30. The molecule has 1 saturated carbocycles. The summed E-state index contributed by atoms with van der Waals surface area (Å²) in [7, 11) is 1.34. The van der Waals surface area contributed by atoms with E-state index < -0.39 is 17.7 Å². The highest BCUT2D eigenvalue weighted by atomic mass is 16.6. The number of carbonyl (C=O) groups is 3. The van der Waals surface area contributed by atoms with Gasteiger partial charge in [0.25, 0.3) is 5.91 Å². The number of alkyl carbamates (subject to hydrolysis) is 1. The zero-order chi connectivity index (χ0) is 28.2. The van der Waals surface area contributed by atoms with Crippen LogP contribution in [-0.4, -0.2) is 47.3 Å². The first-order valence-corrected chi connectivity index (χ1v) is 13.1. The minimum absolute atomic E-state index is 0.0109. The molecule has 0 unspecified atom stereocenters. The average molecular weight is 531 g/mol. The normalized spacial score (nSPS) is 17.2. The zero-order valence-corrected chi connectivity index (χ0v) is 22.7. The Morgan fingerprint density at radius 2 is 1.62 bits per heavy atom. The highest BCUT2D eigenvalue weighted by molar-refractivity contribution is 5.99. The van der Waals surface area contributed by atoms with Gasteiger partial charge in [0.1, 0.15) is 11.3 Å². The SMILES string of the molecule is COC(=O)c1ccc(Cn2c(C(=O)NC3CCC(NC(=O)OC(C)(C)C)CC3)cc3ccc(C#N)cc32)cc1. The summed E-state index contributed by atoms with van der Waals surface area (Å²) in [5.41, 5.74) is 2.56. The Balaban J connectivity index is 1.49. The van der Waals surface area contributed by atoms with E-state index in [4.69, 9.17) is 9.47 Å². The Morgan fingerprint density at radius 1 is 0.974 bits per heavy atom. The van der Waals surface area contributed by atoms with Gasteiger partial charge in [-0.05, 0) is 82.3 Å². The number of nitrogens with zero attached hydrogens (tertiary/aromatic N) is 2. The summed E-state index contributed by atoms with van der Waals surface area (Å²) in [5.74, 6) is -0.609. The number of fused-ring (bicyclic) bond motifs is 1. The van der Waals surface area contributed by atoms with Crippen molar-refractivity contribution >= 4 is 28.9 Å². The van der Waals surface area contributed by atoms with Crippen molar-refractivity contribution in [3.05, 3.63) is 70.9 Å². The molecule has 1 aliphatic carbocycles. The molecule has 2 N–H and O–H groups in total. The summed E-state index contributed by atoms with van der Waals surface area (Å²) in [6, 6.07) is 16.4. The maximum atomic E-state index is 13.5. The van der Waals surface area contributed by atoms with E-state index in [2.05, 4.69) is 16.7 Å². The molecule has 9 heteroatoms. The molecule has 1 heterocycles. The molecule has 9 nitrogen and oxygen atoms in total. The Labute approximate surface area is 228 Å². The topological polar surface area (TPSA) is 122 Å². The first-order valence-electron chi connectivity index (χ1n) is 13.1. The maximum absolute atomic E-state index is 13.5. The number of hydrogen-bond donors (Lipinski definition) is 2. The summed E-state index contributed by atoms with van der Waals surface area (Å²) >= 11 is 0. The second-order valence-corrected chi connectivity index (χ2v) is 10.9. The van der Waals surface area contributed by atoms with Crippen molar-refractivity contribution in [2.75, 3.05) is 7.11 Å². The van der Waals surface area contributed by atoms with Crippen molar-refractivity contribution in [1.29, 1.82) is 5.26 Å². The molecule has 1 aliphatic rings. The van der Waals surface area contributed by atoms with Gasteiger partial charge in [-0.1, -0.05) is 18.2 Å². The van der Waals surface area contributed by atoms with Gasteiger partial charge in [-0.25, -0.2) is 9.59 Å². The minimum atomic E-state index is -0.550. The lowest BCUT2D eigenvalue weighted by atomic mass is 9.91. The highest BCUT2D eigenvalue weighted by Crippen LogP contribution is 2.25. The van der Waals surface area contributed by atoms with Crippen LogP contribution in [-0.2, 0) is 16.0 Å². The Morgan fingerprint density at radius 3 is 2.21 bits per heavy atom. The third kappa shape index (κ3) is 6.96. The van der Waals surface area contributed by atoms with Crippen LogP contribution in [0.15, 0.2) is 48.5 Å². The van der Waals surface area contributed by atoms with Gasteiger partial charge in [0.15, 0.2) is 0 Å². The summed E-state index contributed by atoms with van der Waals surface area (Å²) in [4.78, 5) is 37.4. The predicted octanol–water partition coefficient (Wildman–Crippen LogP) is 4.91. The lowest BCUT2D eigenvalue weighted by molar-refractivity contribution is 0.0487. The second-order valence-electron chi connectivity index (χ2n) is 10.9. The fraction of sp³-hybridized carbons (Fsp3) is 0.400. The predicted molar refractivity (Wildman–Crippen MR) is 146 cm³/mol. The Kier molecular flexibility index (Phi) is 8.24. The highest BCUT2D eigenvalue weighted by Gasteiger charge is 2.27. The van der Waals surface area contributed by atoms with Crippen molar-refractivity contribution in [2.24, 2.45) is 0 Å². The molecule has 204 valence electrons. The third-order valence-corrected chi connectivity index (χ3v) is 6.76. The number of amides is 2. The molecule has 39 heavy (non-hydrogen) atoms. The van der Waals surface area contributed by atoms with Crippen LogP contribution >= 0.6 is 0 Å². The maximum Gasteiger partial charge on any atom is 0.407 e. The number of methoxy groups -OCH3 is 1. The van der Waals surface area contributed by atoms with E-state index in [0.717, 1.165) is 42.1 Å². The lowest BCUT2D eigenvalue weighted by Crippen LogP contribution is -2.45. The van der Waals surface area contributed by atoms with Crippen molar-refractivity contribution in [3.8, 4) is 6.07 Å².